The molecule has 0 aliphatic heterocycles. The Balaban J connectivity index is 1.90. The van der Waals surface area contributed by atoms with Gasteiger partial charge in [0.15, 0.2) is 0 Å². The fourth-order valence-corrected chi connectivity index (χ4v) is 4.05. The highest BCUT2D eigenvalue weighted by atomic mass is 79.9. The zero-order valence-corrected chi connectivity index (χ0v) is 11.5. The molecule has 90 valence electrons. The van der Waals surface area contributed by atoms with E-state index in [1.54, 1.807) is 5.56 Å². The minimum absolute atomic E-state index is 0.320. The molecule has 0 heterocycles. The van der Waals surface area contributed by atoms with E-state index in [9.17, 15) is 4.79 Å². The molecule has 0 atom stereocenters. The van der Waals surface area contributed by atoms with Crippen LogP contribution >= 0.6 is 15.9 Å². The molecule has 1 aromatic carbocycles. The van der Waals surface area contributed by atoms with Crippen molar-refractivity contribution in [3.63, 3.8) is 0 Å². The van der Waals surface area contributed by atoms with Crippen LogP contribution in [-0.2, 0) is 16.6 Å². The molecule has 0 saturated heterocycles. The van der Waals surface area contributed by atoms with Gasteiger partial charge in [-0.25, -0.2) is 0 Å². The standard InChI is InChI=1S/C15H17BrO/c16-13-1-2-14-12(9-13)5-8-15(14)6-3-11(10-17)4-7-15/h1-2,9-11H,3-8H2/t11-,15-. The monoisotopic (exact) mass is 292 g/mol. The minimum Gasteiger partial charge on any atom is -0.303 e. The Kier molecular flexibility index (Phi) is 2.86. The summed E-state index contributed by atoms with van der Waals surface area (Å²) in [6.45, 7) is 0. The normalized spacial score (nSPS) is 31.5. The smallest absolute Gasteiger partial charge is 0.123 e. The number of aryl methyl sites for hydroxylation is 1. The molecular weight excluding hydrogens is 276 g/mol. The van der Waals surface area contributed by atoms with Crippen LogP contribution in [0.2, 0.25) is 0 Å². The highest BCUT2D eigenvalue weighted by Gasteiger charge is 2.41. The first-order chi connectivity index (χ1) is 8.23. The van der Waals surface area contributed by atoms with Gasteiger partial charge in [0, 0.05) is 10.4 Å². The van der Waals surface area contributed by atoms with Crippen LogP contribution in [-0.4, -0.2) is 6.29 Å². The molecule has 0 unspecified atom stereocenters. The van der Waals surface area contributed by atoms with Crippen LogP contribution in [0.15, 0.2) is 22.7 Å². The van der Waals surface area contributed by atoms with Crippen LogP contribution in [0.3, 0.4) is 0 Å². The Labute approximate surface area is 111 Å². The van der Waals surface area contributed by atoms with E-state index in [0.29, 0.717) is 11.3 Å². The van der Waals surface area contributed by atoms with E-state index in [4.69, 9.17) is 0 Å². The number of carbonyl (C=O) groups is 1. The van der Waals surface area contributed by atoms with E-state index in [1.165, 1.54) is 35.7 Å². The summed E-state index contributed by atoms with van der Waals surface area (Å²) < 4.78 is 1.19. The van der Waals surface area contributed by atoms with E-state index < -0.39 is 0 Å². The van der Waals surface area contributed by atoms with E-state index in [-0.39, 0.29) is 0 Å². The SMILES string of the molecule is O=C[C@H]1CC[C@@]2(CCc3cc(Br)ccc32)CC1. The molecule has 0 amide bonds. The van der Waals surface area contributed by atoms with E-state index in [0.717, 1.165) is 19.1 Å². The van der Waals surface area contributed by atoms with Crippen molar-refractivity contribution in [2.45, 2.75) is 43.9 Å². The highest BCUT2D eigenvalue weighted by molar-refractivity contribution is 9.10. The number of aldehydes is 1. The number of halogens is 1. The van der Waals surface area contributed by atoms with Crippen molar-refractivity contribution in [2.75, 3.05) is 0 Å². The number of hydrogen-bond donors (Lipinski definition) is 0. The second kappa shape index (κ2) is 4.24. The topological polar surface area (TPSA) is 17.1 Å². The summed E-state index contributed by atoms with van der Waals surface area (Å²) >= 11 is 3.55. The fraction of sp³-hybridized carbons (Fsp3) is 0.533. The highest BCUT2D eigenvalue weighted by Crippen LogP contribution is 2.49. The van der Waals surface area contributed by atoms with Gasteiger partial charge < -0.3 is 4.79 Å². The Bertz CT molecular complexity index is 444. The quantitative estimate of drug-likeness (QED) is 0.715. The summed E-state index contributed by atoms with van der Waals surface area (Å²) in [6.07, 6.45) is 8.21. The second-order valence-electron chi connectivity index (χ2n) is 5.56. The molecule has 17 heavy (non-hydrogen) atoms. The number of fused-ring (bicyclic) bond motifs is 2. The van der Waals surface area contributed by atoms with Gasteiger partial charge in [-0.15, -0.1) is 0 Å². The third kappa shape index (κ3) is 1.87. The van der Waals surface area contributed by atoms with Crippen molar-refractivity contribution in [1.29, 1.82) is 0 Å². The summed E-state index contributed by atoms with van der Waals surface area (Å²) in [5, 5.41) is 0. The molecular formula is C15H17BrO. The van der Waals surface area contributed by atoms with Crippen molar-refractivity contribution in [2.24, 2.45) is 5.92 Å². The van der Waals surface area contributed by atoms with E-state index in [2.05, 4.69) is 34.1 Å². The summed E-state index contributed by atoms with van der Waals surface area (Å²) in [5.41, 5.74) is 3.48. The zero-order valence-electron chi connectivity index (χ0n) is 9.92. The minimum atomic E-state index is 0.320. The number of rotatable bonds is 1. The van der Waals surface area contributed by atoms with Crippen molar-refractivity contribution in [3.8, 4) is 0 Å². The lowest BCUT2D eigenvalue weighted by molar-refractivity contribution is -0.112. The van der Waals surface area contributed by atoms with Crippen LogP contribution < -0.4 is 0 Å². The Morgan fingerprint density at radius 1 is 1.24 bits per heavy atom. The molecule has 1 spiro atoms. The lowest BCUT2D eigenvalue weighted by Crippen LogP contribution is -2.29. The third-order valence-electron chi connectivity index (χ3n) is 4.69. The molecule has 1 fully saturated rings. The van der Waals surface area contributed by atoms with Crippen molar-refractivity contribution in [1.82, 2.24) is 0 Å². The van der Waals surface area contributed by atoms with Gasteiger partial charge in [-0.2, -0.15) is 0 Å². The predicted octanol–water partition coefficient (Wildman–Crippen LogP) is 4.02. The summed E-state index contributed by atoms with van der Waals surface area (Å²) in [6, 6.07) is 6.74. The van der Waals surface area contributed by atoms with Gasteiger partial charge in [0.1, 0.15) is 6.29 Å². The van der Waals surface area contributed by atoms with Gasteiger partial charge >= 0.3 is 0 Å². The zero-order chi connectivity index (χ0) is 11.9. The fourth-order valence-electron chi connectivity index (χ4n) is 3.64. The molecule has 2 heteroatoms. The molecule has 2 aliphatic carbocycles. The molecule has 0 aromatic heterocycles. The maximum absolute atomic E-state index is 10.8. The lowest BCUT2D eigenvalue weighted by atomic mass is 9.67. The first-order valence-corrected chi connectivity index (χ1v) is 7.27. The molecule has 0 N–H and O–H groups in total. The maximum Gasteiger partial charge on any atom is 0.123 e. The van der Waals surface area contributed by atoms with E-state index >= 15 is 0 Å². The van der Waals surface area contributed by atoms with Crippen molar-refractivity contribution in [3.05, 3.63) is 33.8 Å². The number of benzene rings is 1. The number of hydrogen-bond acceptors (Lipinski definition) is 1. The lowest BCUT2D eigenvalue weighted by Gasteiger charge is -2.36. The van der Waals surface area contributed by atoms with Crippen molar-refractivity contribution < 1.29 is 4.79 Å². The second-order valence-corrected chi connectivity index (χ2v) is 6.47. The first-order valence-electron chi connectivity index (χ1n) is 6.48. The molecule has 1 saturated carbocycles. The van der Waals surface area contributed by atoms with Crippen LogP contribution in [0.25, 0.3) is 0 Å². The molecule has 0 bridgehead atoms. The third-order valence-corrected chi connectivity index (χ3v) is 5.18. The van der Waals surface area contributed by atoms with Crippen LogP contribution in [0.5, 0.6) is 0 Å². The summed E-state index contributed by atoms with van der Waals surface area (Å²) in [5.74, 6) is 0.320. The van der Waals surface area contributed by atoms with Gasteiger partial charge in [0.2, 0.25) is 0 Å². The van der Waals surface area contributed by atoms with Crippen LogP contribution in [0.4, 0.5) is 0 Å². The largest absolute Gasteiger partial charge is 0.303 e. The maximum atomic E-state index is 10.8. The van der Waals surface area contributed by atoms with Gasteiger partial charge in [0.05, 0.1) is 0 Å². The Morgan fingerprint density at radius 3 is 2.71 bits per heavy atom. The number of carbonyl (C=O) groups excluding carboxylic acids is 1. The Morgan fingerprint density at radius 2 is 2.00 bits per heavy atom. The average molecular weight is 293 g/mol. The van der Waals surface area contributed by atoms with Crippen LogP contribution in [0, 0.1) is 5.92 Å². The van der Waals surface area contributed by atoms with Crippen LogP contribution in [0.1, 0.15) is 43.2 Å². The van der Waals surface area contributed by atoms with Gasteiger partial charge in [0.25, 0.3) is 0 Å². The summed E-state index contributed by atoms with van der Waals surface area (Å²) in [7, 11) is 0. The van der Waals surface area contributed by atoms with Gasteiger partial charge in [-0.05, 0) is 67.2 Å². The van der Waals surface area contributed by atoms with E-state index in [1.807, 2.05) is 0 Å². The molecule has 2 aliphatic rings. The predicted molar refractivity (Wildman–Crippen MR) is 72.2 cm³/mol. The first kappa shape index (κ1) is 11.5. The molecule has 3 rings (SSSR count). The van der Waals surface area contributed by atoms with Gasteiger partial charge in [-0.3, -0.25) is 0 Å². The molecule has 1 aromatic rings. The molecule has 1 nitrogen and oxygen atoms in total. The molecule has 0 radical (unpaired) electrons. The van der Waals surface area contributed by atoms with Crippen molar-refractivity contribution >= 4 is 22.2 Å². The average Bonchev–Trinajstić information content (AvgIpc) is 2.69. The van der Waals surface area contributed by atoms with Gasteiger partial charge in [-0.1, -0.05) is 22.0 Å². The Hall–Kier alpha value is -0.630. The summed E-state index contributed by atoms with van der Waals surface area (Å²) in [4.78, 5) is 10.8.